The third kappa shape index (κ3) is 2.25. The zero-order valence-electron chi connectivity index (χ0n) is 21.5. The largest absolute Gasteiger partial charge is 0.504 e. The van der Waals surface area contributed by atoms with Crippen LogP contribution in [-0.2, 0) is 16.6 Å². The summed E-state index contributed by atoms with van der Waals surface area (Å²) in [6, 6.07) is 4.46. The van der Waals surface area contributed by atoms with E-state index in [1.807, 2.05) is 20.1 Å². The van der Waals surface area contributed by atoms with Crippen molar-refractivity contribution in [2.75, 3.05) is 20.2 Å². The molecule has 2 spiro atoms. The van der Waals surface area contributed by atoms with Gasteiger partial charge in [-0.3, -0.25) is 4.90 Å². The molecular weight excluding hydrogens is 425 g/mol. The van der Waals surface area contributed by atoms with Crippen LogP contribution in [0.5, 0.6) is 11.5 Å². The van der Waals surface area contributed by atoms with Crippen molar-refractivity contribution in [3.05, 3.63) is 23.3 Å². The first-order valence-corrected chi connectivity index (χ1v) is 13.6. The van der Waals surface area contributed by atoms with Crippen molar-refractivity contribution in [1.29, 1.82) is 0 Å². The van der Waals surface area contributed by atoms with E-state index < -0.39 is 11.2 Å². The minimum atomic E-state index is -0.909. The Hall–Kier alpha value is -1.30. The second kappa shape index (κ2) is 6.33. The molecule has 2 heterocycles. The van der Waals surface area contributed by atoms with Crippen molar-refractivity contribution in [3.8, 4) is 11.5 Å². The highest BCUT2D eigenvalue weighted by Gasteiger charge is 2.82. The molecule has 5 aliphatic carbocycles. The molecule has 3 unspecified atom stereocenters. The number of benzene rings is 1. The van der Waals surface area contributed by atoms with E-state index in [2.05, 4.69) is 31.7 Å². The van der Waals surface area contributed by atoms with Gasteiger partial charge in [0.15, 0.2) is 11.5 Å². The van der Waals surface area contributed by atoms with E-state index in [4.69, 9.17) is 9.47 Å². The van der Waals surface area contributed by atoms with Gasteiger partial charge in [0, 0.05) is 42.0 Å². The maximum atomic E-state index is 12.2. The summed E-state index contributed by atoms with van der Waals surface area (Å²) in [5.74, 6) is 1.80. The second-order valence-electron chi connectivity index (χ2n) is 13.8. The van der Waals surface area contributed by atoms with Crippen LogP contribution in [-0.4, -0.2) is 58.7 Å². The summed E-state index contributed by atoms with van der Waals surface area (Å²) >= 11 is 0. The lowest BCUT2D eigenvalue weighted by molar-refractivity contribution is -0.312. The van der Waals surface area contributed by atoms with Crippen LogP contribution in [0.1, 0.15) is 77.3 Å². The molecule has 8 rings (SSSR count). The van der Waals surface area contributed by atoms with E-state index in [1.54, 1.807) is 0 Å². The first kappa shape index (κ1) is 21.9. The molecule has 1 saturated heterocycles. The number of fused-ring (bicyclic) bond motifs is 2. The Labute approximate surface area is 203 Å². The highest BCUT2D eigenvalue weighted by molar-refractivity contribution is 5.63. The average molecular weight is 467 g/mol. The maximum Gasteiger partial charge on any atom is 0.165 e. The molecule has 2 N–H and O–H groups in total. The van der Waals surface area contributed by atoms with Crippen LogP contribution in [0.4, 0.5) is 0 Å². The fraction of sp³-hybridized carbons (Fsp3) is 0.793. The van der Waals surface area contributed by atoms with Crippen LogP contribution >= 0.6 is 0 Å². The molecule has 7 aliphatic rings. The van der Waals surface area contributed by atoms with Crippen LogP contribution < -0.4 is 4.74 Å². The minimum absolute atomic E-state index is 0.0294. The number of methoxy groups -OCH3 is 1. The third-order valence-corrected chi connectivity index (χ3v) is 11.9. The summed E-state index contributed by atoms with van der Waals surface area (Å²) < 4.78 is 13.5. The Morgan fingerprint density at radius 2 is 1.91 bits per heavy atom. The van der Waals surface area contributed by atoms with Crippen LogP contribution in [0.3, 0.4) is 0 Å². The normalized spacial score (nSPS) is 43.9. The van der Waals surface area contributed by atoms with Gasteiger partial charge in [-0.1, -0.05) is 26.8 Å². The van der Waals surface area contributed by atoms with Crippen LogP contribution in [0.15, 0.2) is 12.1 Å². The number of hydrogen-bond donors (Lipinski definition) is 2. The van der Waals surface area contributed by atoms with Crippen LogP contribution in [0.2, 0.25) is 0 Å². The summed E-state index contributed by atoms with van der Waals surface area (Å²) in [5.41, 5.74) is 0.783. The third-order valence-electron chi connectivity index (χ3n) is 11.9. The molecule has 5 heteroatoms. The molecule has 4 bridgehead atoms. The number of piperidine rings is 1. The first-order chi connectivity index (χ1) is 16.0. The first-order valence-electron chi connectivity index (χ1n) is 13.6. The van der Waals surface area contributed by atoms with E-state index in [0.717, 1.165) is 44.6 Å². The summed E-state index contributed by atoms with van der Waals surface area (Å²) in [5, 5.41) is 23.2. The zero-order valence-corrected chi connectivity index (χ0v) is 21.5. The van der Waals surface area contributed by atoms with Gasteiger partial charge in [-0.25, -0.2) is 0 Å². The van der Waals surface area contributed by atoms with Crippen molar-refractivity contribution < 1.29 is 19.7 Å². The molecular formula is C29H41NO4. The van der Waals surface area contributed by atoms with E-state index in [1.165, 1.54) is 30.5 Å². The van der Waals surface area contributed by atoms with Crippen molar-refractivity contribution in [2.45, 2.75) is 101 Å². The van der Waals surface area contributed by atoms with Crippen molar-refractivity contribution in [1.82, 2.24) is 4.90 Å². The van der Waals surface area contributed by atoms with Gasteiger partial charge in [-0.2, -0.15) is 0 Å². The van der Waals surface area contributed by atoms with E-state index in [0.29, 0.717) is 11.8 Å². The fourth-order valence-corrected chi connectivity index (χ4v) is 9.58. The van der Waals surface area contributed by atoms with Crippen LogP contribution in [0, 0.1) is 22.7 Å². The zero-order chi connectivity index (χ0) is 23.9. The van der Waals surface area contributed by atoms with Gasteiger partial charge in [-0.05, 0) is 81.4 Å². The lowest BCUT2D eigenvalue weighted by Gasteiger charge is -2.75. The lowest BCUT2D eigenvalue weighted by atomic mass is 9.33. The van der Waals surface area contributed by atoms with Crippen LogP contribution in [0.25, 0.3) is 0 Å². The minimum Gasteiger partial charge on any atom is -0.504 e. The lowest BCUT2D eigenvalue weighted by Crippen LogP contribution is -2.83. The summed E-state index contributed by atoms with van der Waals surface area (Å²) in [7, 11) is 1.83. The van der Waals surface area contributed by atoms with E-state index in [9.17, 15) is 10.2 Å². The van der Waals surface area contributed by atoms with Gasteiger partial charge in [-0.15, -0.1) is 0 Å². The van der Waals surface area contributed by atoms with Gasteiger partial charge >= 0.3 is 0 Å². The second-order valence-corrected chi connectivity index (χ2v) is 13.8. The molecule has 5 nitrogen and oxygen atoms in total. The monoisotopic (exact) mass is 466 g/mol. The van der Waals surface area contributed by atoms with Crippen molar-refractivity contribution in [2.24, 2.45) is 22.7 Å². The molecule has 0 amide bonds. The number of hydrogen-bond acceptors (Lipinski definition) is 5. The molecule has 7 atom stereocenters. The molecule has 1 aromatic rings. The summed E-state index contributed by atoms with van der Waals surface area (Å²) in [6.45, 7) is 10.8. The van der Waals surface area contributed by atoms with Crippen molar-refractivity contribution in [3.63, 3.8) is 0 Å². The number of ether oxygens (including phenoxy) is 2. The SMILES string of the molecule is CO[C@]12CC[C@@]3(C[C@@H]1C(C)(O)C(C)(C)C)C1Cc4ccc(O)c5c4C3(CCN1[11CH2]C1CC1)[C@H]2O5. The Balaban J connectivity index is 1.47. The topological polar surface area (TPSA) is 62.2 Å². The standard InChI is InChI=1S/C29H41NO4/c1-25(2,3)26(4,32)20-15-27-10-11-29(20,33-5)24-28(27)12-13-30(16-17-6-7-17)21(27)14-18-8-9-19(31)23(34-24)22(18)28/h8-9,17,20-21,24,31-32H,6-7,10-16H2,1-5H3/t20-,21?,24-,26?,27-,28?,29-/m1/s1/i16-1. The number of nitrogens with zero attached hydrogens (tertiary/aromatic N) is 1. The predicted molar refractivity (Wildman–Crippen MR) is 130 cm³/mol. The molecule has 1 aromatic carbocycles. The van der Waals surface area contributed by atoms with E-state index in [-0.39, 0.29) is 34.0 Å². The molecule has 0 aromatic heterocycles. The van der Waals surface area contributed by atoms with Gasteiger partial charge in [0.2, 0.25) is 0 Å². The Bertz CT molecular complexity index is 1060. The Kier molecular flexibility index (Phi) is 4.08. The number of phenolic OH excluding ortho intramolecular Hbond substituents is 1. The highest BCUT2D eigenvalue weighted by Crippen LogP contribution is 2.78. The number of rotatable bonds is 4. The molecule has 0 radical (unpaired) electrons. The average Bonchev–Trinajstić information content (AvgIpc) is 3.53. The molecule has 34 heavy (non-hydrogen) atoms. The van der Waals surface area contributed by atoms with E-state index >= 15 is 0 Å². The maximum absolute atomic E-state index is 12.2. The molecule has 186 valence electrons. The number of aliphatic hydroxyl groups is 1. The van der Waals surface area contributed by atoms with Gasteiger partial charge in [0.05, 0.1) is 5.60 Å². The van der Waals surface area contributed by atoms with Crippen molar-refractivity contribution >= 4 is 0 Å². The molecule has 5 fully saturated rings. The van der Waals surface area contributed by atoms with Gasteiger partial charge in [0.25, 0.3) is 0 Å². The number of aromatic hydroxyl groups is 1. The number of phenols is 1. The Morgan fingerprint density at radius 1 is 1.15 bits per heavy atom. The Morgan fingerprint density at radius 3 is 2.59 bits per heavy atom. The smallest absolute Gasteiger partial charge is 0.165 e. The number of likely N-dealkylation sites (tertiary alicyclic amines) is 1. The summed E-state index contributed by atoms with van der Waals surface area (Å²) in [4.78, 5) is 2.82. The van der Waals surface area contributed by atoms with Gasteiger partial charge in [0.1, 0.15) is 11.7 Å². The van der Waals surface area contributed by atoms with Gasteiger partial charge < -0.3 is 19.7 Å². The summed E-state index contributed by atoms with van der Waals surface area (Å²) in [6.07, 6.45) is 7.64. The molecule has 2 aliphatic heterocycles. The quantitative estimate of drug-likeness (QED) is 0.688. The highest BCUT2D eigenvalue weighted by atomic mass is 16.6. The predicted octanol–water partition coefficient (Wildman–Crippen LogP) is 4.41. The fourth-order valence-electron chi connectivity index (χ4n) is 9.58. The molecule has 4 saturated carbocycles.